The smallest absolute Gasteiger partial charge is 0.193 e. The lowest BCUT2D eigenvalue weighted by molar-refractivity contribution is 0.103. The highest BCUT2D eigenvalue weighted by atomic mass is 16.5. The Morgan fingerprint density at radius 2 is 1.39 bits per heavy atom. The monoisotopic (exact) mass is 304 g/mol. The fraction of sp³-hybridized carbons (Fsp3) is 0. The van der Waals surface area contributed by atoms with Gasteiger partial charge in [-0.2, -0.15) is 0 Å². The molecule has 0 spiro atoms. The van der Waals surface area contributed by atoms with Crippen molar-refractivity contribution in [3.05, 3.63) is 83.9 Å². The number of ketones is 1. The Morgan fingerprint density at radius 3 is 2.09 bits per heavy atom. The summed E-state index contributed by atoms with van der Waals surface area (Å²) in [4.78, 5) is 12.6. The Bertz CT molecular complexity index is 828. The summed E-state index contributed by atoms with van der Waals surface area (Å²) in [6.07, 6.45) is 0. The molecule has 0 fully saturated rings. The number of hydrogen-bond donors (Lipinski definition) is 2. The van der Waals surface area contributed by atoms with Crippen LogP contribution in [0.2, 0.25) is 0 Å². The molecule has 3 aromatic rings. The zero-order valence-corrected chi connectivity index (χ0v) is 12.4. The Kier molecular flexibility index (Phi) is 3.97. The van der Waals surface area contributed by atoms with Crippen LogP contribution < -0.4 is 16.2 Å². The first-order chi connectivity index (χ1) is 11.1. The molecular weight excluding hydrogens is 288 g/mol. The van der Waals surface area contributed by atoms with Crippen LogP contribution >= 0.6 is 0 Å². The number of nitrogens with two attached hydrogens (primary N) is 2. The fourth-order valence-electron chi connectivity index (χ4n) is 2.24. The quantitative estimate of drug-likeness (QED) is 0.566. The summed E-state index contributed by atoms with van der Waals surface area (Å²) in [5.41, 5.74) is 13.7. The van der Waals surface area contributed by atoms with Gasteiger partial charge in [0.15, 0.2) is 5.78 Å². The molecule has 3 aromatic carbocycles. The summed E-state index contributed by atoms with van der Waals surface area (Å²) < 4.78 is 5.75. The van der Waals surface area contributed by atoms with E-state index in [4.69, 9.17) is 16.2 Å². The van der Waals surface area contributed by atoms with E-state index in [1.165, 1.54) is 0 Å². The van der Waals surface area contributed by atoms with Crippen LogP contribution in [0.3, 0.4) is 0 Å². The molecule has 0 saturated carbocycles. The molecule has 4 nitrogen and oxygen atoms in total. The summed E-state index contributed by atoms with van der Waals surface area (Å²) in [6, 6.07) is 21.1. The van der Waals surface area contributed by atoms with Crippen molar-refractivity contribution in [1.29, 1.82) is 0 Å². The van der Waals surface area contributed by atoms with Gasteiger partial charge in [0.25, 0.3) is 0 Å². The molecule has 114 valence electrons. The Balaban J connectivity index is 1.91. The van der Waals surface area contributed by atoms with Crippen LogP contribution in [0.25, 0.3) is 0 Å². The first-order valence-electron chi connectivity index (χ1n) is 7.15. The number of carbonyl (C=O) groups excluding carboxylic acids is 1. The van der Waals surface area contributed by atoms with Gasteiger partial charge in [0.1, 0.15) is 11.5 Å². The van der Waals surface area contributed by atoms with Crippen LogP contribution in [0.1, 0.15) is 15.9 Å². The maximum absolute atomic E-state index is 12.6. The van der Waals surface area contributed by atoms with Crippen LogP contribution in [0.4, 0.5) is 11.4 Å². The number of hydrogen-bond acceptors (Lipinski definition) is 4. The zero-order valence-electron chi connectivity index (χ0n) is 12.4. The molecule has 0 aliphatic carbocycles. The molecule has 0 heterocycles. The standard InChI is InChI=1S/C19H16N2O2/c20-15-8-6-13(7-9-15)19(22)14-10-16(21)12-18(11-14)23-17-4-2-1-3-5-17/h1-12H,20-21H2. The number of benzene rings is 3. The first-order valence-corrected chi connectivity index (χ1v) is 7.15. The zero-order chi connectivity index (χ0) is 16.2. The van der Waals surface area contributed by atoms with Gasteiger partial charge >= 0.3 is 0 Å². The van der Waals surface area contributed by atoms with Crippen molar-refractivity contribution in [2.45, 2.75) is 0 Å². The van der Waals surface area contributed by atoms with E-state index in [9.17, 15) is 4.79 Å². The predicted molar refractivity (Wildman–Crippen MR) is 91.7 cm³/mol. The van der Waals surface area contributed by atoms with Crippen molar-refractivity contribution in [1.82, 2.24) is 0 Å². The SMILES string of the molecule is Nc1ccc(C(=O)c2cc(N)cc(Oc3ccccc3)c2)cc1. The van der Waals surface area contributed by atoms with E-state index >= 15 is 0 Å². The molecule has 3 rings (SSSR count). The summed E-state index contributed by atoms with van der Waals surface area (Å²) in [6.45, 7) is 0. The predicted octanol–water partition coefficient (Wildman–Crippen LogP) is 3.87. The van der Waals surface area contributed by atoms with Gasteiger partial charge in [-0.3, -0.25) is 4.79 Å². The van der Waals surface area contributed by atoms with Crippen molar-refractivity contribution >= 4 is 17.2 Å². The summed E-state index contributed by atoms with van der Waals surface area (Å²) in [5, 5.41) is 0. The molecule has 23 heavy (non-hydrogen) atoms. The second kappa shape index (κ2) is 6.23. The van der Waals surface area contributed by atoms with Gasteiger partial charge in [0.05, 0.1) is 0 Å². The highest BCUT2D eigenvalue weighted by molar-refractivity contribution is 6.09. The van der Waals surface area contributed by atoms with Gasteiger partial charge < -0.3 is 16.2 Å². The fourth-order valence-corrected chi connectivity index (χ4v) is 2.24. The van der Waals surface area contributed by atoms with Crippen LogP contribution in [0, 0.1) is 0 Å². The maximum atomic E-state index is 12.6. The lowest BCUT2D eigenvalue weighted by Crippen LogP contribution is -2.03. The van der Waals surface area contributed by atoms with E-state index in [2.05, 4.69) is 0 Å². The van der Waals surface area contributed by atoms with Gasteiger partial charge in [-0.1, -0.05) is 18.2 Å². The third-order valence-electron chi connectivity index (χ3n) is 3.34. The molecule has 4 heteroatoms. The van der Waals surface area contributed by atoms with Gasteiger partial charge in [-0.25, -0.2) is 0 Å². The molecular formula is C19H16N2O2. The topological polar surface area (TPSA) is 78.3 Å². The molecule has 0 saturated heterocycles. The Labute approximate surface area is 134 Å². The maximum Gasteiger partial charge on any atom is 0.193 e. The third-order valence-corrected chi connectivity index (χ3v) is 3.34. The number of ether oxygens (including phenoxy) is 1. The van der Waals surface area contributed by atoms with Gasteiger partial charge in [0.2, 0.25) is 0 Å². The van der Waals surface area contributed by atoms with Crippen molar-refractivity contribution < 1.29 is 9.53 Å². The van der Waals surface area contributed by atoms with Crippen LogP contribution in [-0.4, -0.2) is 5.78 Å². The molecule has 0 aliphatic rings. The first kappa shape index (κ1) is 14.7. The molecule has 0 radical (unpaired) electrons. The van der Waals surface area contributed by atoms with Crippen molar-refractivity contribution in [3.8, 4) is 11.5 Å². The molecule has 0 amide bonds. The molecule has 0 aromatic heterocycles. The average molecular weight is 304 g/mol. The number of para-hydroxylation sites is 1. The van der Waals surface area contributed by atoms with Crippen molar-refractivity contribution in [2.24, 2.45) is 0 Å². The number of anilines is 2. The van der Waals surface area contributed by atoms with Crippen molar-refractivity contribution in [2.75, 3.05) is 11.5 Å². The average Bonchev–Trinajstić information content (AvgIpc) is 2.55. The Hall–Kier alpha value is -3.27. The lowest BCUT2D eigenvalue weighted by atomic mass is 10.0. The molecule has 0 unspecified atom stereocenters. The van der Waals surface area contributed by atoms with Crippen LogP contribution in [-0.2, 0) is 0 Å². The second-order valence-electron chi connectivity index (χ2n) is 5.16. The van der Waals surface area contributed by atoms with E-state index < -0.39 is 0 Å². The summed E-state index contributed by atoms with van der Waals surface area (Å²) in [7, 11) is 0. The molecule has 0 bridgehead atoms. The summed E-state index contributed by atoms with van der Waals surface area (Å²) in [5.74, 6) is 1.08. The highest BCUT2D eigenvalue weighted by Crippen LogP contribution is 2.26. The minimum atomic E-state index is -0.129. The van der Waals surface area contributed by atoms with Crippen LogP contribution in [0.5, 0.6) is 11.5 Å². The van der Waals surface area contributed by atoms with E-state index in [0.717, 1.165) is 0 Å². The lowest BCUT2D eigenvalue weighted by Gasteiger charge is -2.09. The highest BCUT2D eigenvalue weighted by Gasteiger charge is 2.11. The summed E-state index contributed by atoms with van der Waals surface area (Å²) >= 11 is 0. The minimum absolute atomic E-state index is 0.129. The van der Waals surface area contributed by atoms with E-state index in [1.54, 1.807) is 42.5 Å². The largest absolute Gasteiger partial charge is 0.457 e. The van der Waals surface area contributed by atoms with Gasteiger partial charge in [0, 0.05) is 28.6 Å². The normalized spacial score (nSPS) is 10.3. The Morgan fingerprint density at radius 1 is 0.696 bits per heavy atom. The number of nitrogen functional groups attached to an aromatic ring is 2. The molecule has 0 atom stereocenters. The van der Waals surface area contributed by atoms with Crippen LogP contribution in [0.15, 0.2) is 72.8 Å². The molecule has 4 N–H and O–H groups in total. The van der Waals surface area contributed by atoms with E-state index in [1.807, 2.05) is 30.3 Å². The molecule has 0 aliphatic heterocycles. The van der Waals surface area contributed by atoms with Gasteiger partial charge in [-0.15, -0.1) is 0 Å². The van der Waals surface area contributed by atoms with Crippen molar-refractivity contribution in [3.63, 3.8) is 0 Å². The second-order valence-corrected chi connectivity index (χ2v) is 5.16. The van der Waals surface area contributed by atoms with Gasteiger partial charge in [-0.05, 0) is 48.5 Å². The van der Waals surface area contributed by atoms with E-state index in [-0.39, 0.29) is 5.78 Å². The minimum Gasteiger partial charge on any atom is -0.457 e. The number of rotatable bonds is 4. The number of carbonyl (C=O) groups is 1. The van der Waals surface area contributed by atoms with E-state index in [0.29, 0.717) is 34.0 Å². The third kappa shape index (κ3) is 3.49.